The van der Waals surface area contributed by atoms with Crippen molar-refractivity contribution in [1.29, 1.82) is 0 Å². The lowest BCUT2D eigenvalue weighted by Crippen LogP contribution is -2.52. The summed E-state index contributed by atoms with van der Waals surface area (Å²) in [5, 5.41) is 2.12. The number of amides is 4. The molecule has 1 aromatic heterocycles. The number of aryl methyl sites for hydroxylation is 1. The molecule has 0 bridgehead atoms. The number of imide groups is 2. The Labute approximate surface area is 161 Å². The maximum Gasteiger partial charge on any atom is 0.339 e. The molecule has 1 aliphatic heterocycles. The largest absolute Gasteiger partial charge is 0.465 e. The third-order valence-corrected chi connectivity index (χ3v) is 4.63. The van der Waals surface area contributed by atoms with E-state index in [1.54, 1.807) is 30.3 Å². The molecule has 0 radical (unpaired) electrons. The lowest BCUT2D eigenvalue weighted by Gasteiger charge is -2.22. The van der Waals surface area contributed by atoms with Crippen molar-refractivity contribution in [3.8, 4) is 5.69 Å². The topological polar surface area (TPSA) is 97.7 Å². The van der Waals surface area contributed by atoms with Crippen LogP contribution < -0.4 is 5.32 Å². The molecule has 1 fully saturated rings. The number of likely N-dealkylation sites (N-methyl/N-ethyl adjacent to an activating group) is 1. The number of nitrogens with zero attached hydrogens (tertiary/aromatic N) is 2. The Morgan fingerprint density at radius 1 is 1.14 bits per heavy atom. The Morgan fingerprint density at radius 2 is 1.82 bits per heavy atom. The highest BCUT2D eigenvalue weighted by atomic mass is 16.5. The van der Waals surface area contributed by atoms with E-state index in [2.05, 4.69) is 5.32 Å². The van der Waals surface area contributed by atoms with Crippen LogP contribution in [0.1, 0.15) is 27.3 Å². The van der Waals surface area contributed by atoms with Crippen molar-refractivity contribution in [2.75, 3.05) is 14.2 Å². The first-order valence-electron chi connectivity index (χ1n) is 8.48. The molecule has 28 heavy (non-hydrogen) atoms. The number of carbonyl (C=O) groups excluding carboxylic acids is 4. The molecule has 3 rings (SSSR count). The van der Waals surface area contributed by atoms with E-state index in [4.69, 9.17) is 4.74 Å². The zero-order chi connectivity index (χ0) is 20.6. The zero-order valence-corrected chi connectivity index (χ0v) is 15.9. The molecule has 8 heteroatoms. The van der Waals surface area contributed by atoms with Gasteiger partial charge in [0.15, 0.2) is 0 Å². The van der Waals surface area contributed by atoms with Gasteiger partial charge in [0, 0.05) is 18.4 Å². The minimum atomic E-state index is -0.760. The number of carbonyl (C=O) groups is 4. The van der Waals surface area contributed by atoms with E-state index in [1.165, 1.54) is 20.2 Å². The Morgan fingerprint density at radius 3 is 2.50 bits per heavy atom. The lowest BCUT2D eigenvalue weighted by atomic mass is 10.1. The highest BCUT2D eigenvalue weighted by molar-refractivity contribution is 6.30. The molecule has 144 valence electrons. The Kier molecular flexibility index (Phi) is 4.87. The fourth-order valence-corrected chi connectivity index (χ4v) is 3.16. The maximum atomic E-state index is 12.3. The van der Waals surface area contributed by atoms with Gasteiger partial charge in [-0.2, -0.15) is 0 Å². The number of para-hydroxylation sites is 1. The number of ether oxygens (including phenoxy) is 1. The number of barbiturate groups is 1. The molecular weight excluding hydrogens is 362 g/mol. The normalized spacial score (nSPS) is 15.8. The molecule has 1 N–H and O–H groups in total. The van der Waals surface area contributed by atoms with Gasteiger partial charge in [0.25, 0.3) is 11.8 Å². The van der Waals surface area contributed by atoms with Gasteiger partial charge in [0.2, 0.25) is 0 Å². The fourth-order valence-electron chi connectivity index (χ4n) is 3.16. The van der Waals surface area contributed by atoms with E-state index in [0.717, 1.165) is 16.3 Å². The first kappa shape index (κ1) is 19.1. The van der Waals surface area contributed by atoms with Crippen LogP contribution in [0.15, 0.2) is 35.9 Å². The molecule has 1 saturated heterocycles. The minimum Gasteiger partial charge on any atom is -0.465 e. The van der Waals surface area contributed by atoms with Crippen molar-refractivity contribution < 1.29 is 23.9 Å². The van der Waals surface area contributed by atoms with Gasteiger partial charge in [-0.15, -0.1) is 0 Å². The van der Waals surface area contributed by atoms with E-state index >= 15 is 0 Å². The van der Waals surface area contributed by atoms with Crippen LogP contribution in [0, 0.1) is 13.8 Å². The smallest absolute Gasteiger partial charge is 0.339 e. The quantitative estimate of drug-likeness (QED) is 0.498. The predicted molar refractivity (Wildman–Crippen MR) is 101 cm³/mol. The van der Waals surface area contributed by atoms with Crippen LogP contribution in [-0.2, 0) is 14.3 Å². The third-order valence-electron chi connectivity index (χ3n) is 4.63. The van der Waals surface area contributed by atoms with Crippen molar-refractivity contribution in [2.45, 2.75) is 13.8 Å². The van der Waals surface area contributed by atoms with Crippen molar-refractivity contribution in [1.82, 2.24) is 14.8 Å². The molecule has 0 spiro atoms. The lowest BCUT2D eigenvalue weighted by molar-refractivity contribution is -0.129. The molecule has 1 aliphatic rings. The number of hydrogen-bond donors (Lipinski definition) is 1. The summed E-state index contributed by atoms with van der Waals surface area (Å²) in [6.07, 6.45) is 1.44. The van der Waals surface area contributed by atoms with Gasteiger partial charge in [0.1, 0.15) is 5.57 Å². The van der Waals surface area contributed by atoms with Gasteiger partial charge in [-0.3, -0.25) is 19.8 Å². The van der Waals surface area contributed by atoms with Gasteiger partial charge >= 0.3 is 12.0 Å². The predicted octanol–water partition coefficient (Wildman–Crippen LogP) is 1.97. The van der Waals surface area contributed by atoms with Gasteiger partial charge in [0.05, 0.1) is 18.4 Å². The fraction of sp³-hybridized carbons (Fsp3) is 0.200. The summed E-state index contributed by atoms with van der Waals surface area (Å²) in [5.74, 6) is -1.88. The zero-order valence-electron chi connectivity index (χ0n) is 15.9. The third kappa shape index (κ3) is 3.09. The number of esters is 1. The Hall–Kier alpha value is -3.68. The minimum absolute atomic E-state index is 0.136. The number of rotatable bonds is 3. The van der Waals surface area contributed by atoms with Crippen LogP contribution in [0.5, 0.6) is 0 Å². The highest BCUT2D eigenvalue weighted by Gasteiger charge is 2.33. The van der Waals surface area contributed by atoms with Crippen LogP contribution in [0.25, 0.3) is 11.8 Å². The van der Waals surface area contributed by atoms with E-state index < -0.39 is 23.8 Å². The van der Waals surface area contributed by atoms with Gasteiger partial charge in [-0.05, 0) is 43.7 Å². The first-order valence-corrected chi connectivity index (χ1v) is 8.48. The summed E-state index contributed by atoms with van der Waals surface area (Å²) in [6.45, 7) is 3.66. The van der Waals surface area contributed by atoms with E-state index in [-0.39, 0.29) is 5.57 Å². The second-order valence-electron chi connectivity index (χ2n) is 6.35. The summed E-state index contributed by atoms with van der Waals surface area (Å²) >= 11 is 0. The second kappa shape index (κ2) is 7.15. The van der Waals surface area contributed by atoms with Gasteiger partial charge in [-0.1, -0.05) is 12.1 Å². The Balaban J connectivity index is 2.12. The summed E-state index contributed by atoms with van der Waals surface area (Å²) in [7, 11) is 2.61. The molecule has 0 aliphatic carbocycles. The number of urea groups is 1. The standard InChI is InChI=1S/C20H19N3O5/c1-11-9-13(10-15-17(24)21-20(27)22(3)18(15)25)12(2)23(11)16-8-6-5-7-14(16)19(26)28-4/h5-10H,1-4H3,(H,21,24,27). The van der Waals surface area contributed by atoms with Gasteiger partial charge in [-0.25, -0.2) is 9.59 Å². The first-order chi connectivity index (χ1) is 13.3. The van der Waals surface area contributed by atoms with Crippen LogP contribution >= 0.6 is 0 Å². The maximum absolute atomic E-state index is 12.3. The Bertz CT molecular complexity index is 1050. The van der Waals surface area contributed by atoms with E-state index in [0.29, 0.717) is 16.8 Å². The molecule has 0 saturated carbocycles. The number of benzene rings is 1. The molecule has 0 unspecified atom stereocenters. The second-order valence-corrected chi connectivity index (χ2v) is 6.35. The summed E-state index contributed by atoms with van der Waals surface area (Å²) < 4.78 is 6.70. The number of methoxy groups -OCH3 is 1. The SMILES string of the molecule is COC(=O)c1ccccc1-n1c(C)cc(C=C2C(=O)NC(=O)N(C)C2=O)c1C. The van der Waals surface area contributed by atoms with E-state index in [9.17, 15) is 19.2 Å². The van der Waals surface area contributed by atoms with Crippen molar-refractivity contribution in [3.63, 3.8) is 0 Å². The van der Waals surface area contributed by atoms with Crippen LogP contribution in [0.2, 0.25) is 0 Å². The summed E-state index contributed by atoms with van der Waals surface area (Å²) in [4.78, 5) is 48.9. The number of hydrogen-bond acceptors (Lipinski definition) is 5. The summed E-state index contributed by atoms with van der Waals surface area (Å²) in [6, 6.07) is 8.03. The molecular formula is C20H19N3O5. The summed E-state index contributed by atoms with van der Waals surface area (Å²) in [5.41, 5.74) is 3.03. The van der Waals surface area contributed by atoms with E-state index in [1.807, 2.05) is 18.4 Å². The van der Waals surface area contributed by atoms with Crippen LogP contribution in [0.3, 0.4) is 0 Å². The molecule has 8 nitrogen and oxygen atoms in total. The molecule has 0 atom stereocenters. The molecule has 2 aromatic rings. The number of nitrogens with one attached hydrogen (secondary N) is 1. The van der Waals surface area contributed by atoms with Crippen LogP contribution in [0.4, 0.5) is 4.79 Å². The van der Waals surface area contributed by atoms with Crippen LogP contribution in [-0.4, -0.2) is 47.4 Å². The number of aromatic nitrogens is 1. The average Bonchev–Trinajstić information content (AvgIpc) is 2.96. The molecule has 2 heterocycles. The van der Waals surface area contributed by atoms with Crippen molar-refractivity contribution in [2.24, 2.45) is 0 Å². The van der Waals surface area contributed by atoms with Gasteiger partial charge < -0.3 is 9.30 Å². The van der Waals surface area contributed by atoms with Crippen molar-refractivity contribution >= 4 is 29.9 Å². The highest BCUT2D eigenvalue weighted by Crippen LogP contribution is 2.26. The monoisotopic (exact) mass is 381 g/mol. The molecule has 1 aromatic carbocycles. The average molecular weight is 381 g/mol. The molecule has 4 amide bonds. The van der Waals surface area contributed by atoms with Crippen molar-refractivity contribution in [3.05, 3.63) is 58.4 Å².